The number of nitrogens with zero attached hydrogens (tertiary/aromatic N) is 3. The molecule has 2 heterocycles. The Morgan fingerprint density at radius 2 is 1.81 bits per heavy atom. The largest absolute Gasteiger partial charge is 0.447 e. The lowest BCUT2D eigenvalue weighted by Crippen LogP contribution is -2.32. The van der Waals surface area contributed by atoms with E-state index < -0.39 is 18.0 Å². The molecule has 2 N–H and O–H groups in total. The number of aromatic nitrogens is 4. The fourth-order valence-corrected chi connectivity index (χ4v) is 3.01. The predicted molar refractivity (Wildman–Crippen MR) is 114 cm³/mol. The number of benzene rings is 2. The molecule has 0 saturated carbocycles. The molecule has 1 atom stereocenters. The minimum atomic E-state index is -1.07. The van der Waals surface area contributed by atoms with Crippen molar-refractivity contribution in [3.63, 3.8) is 0 Å². The lowest BCUT2D eigenvalue weighted by atomic mass is 10.2. The van der Waals surface area contributed by atoms with Gasteiger partial charge in [-0.1, -0.05) is 37.3 Å². The maximum absolute atomic E-state index is 12.6. The summed E-state index contributed by atoms with van der Waals surface area (Å²) >= 11 is 0. The predicted octanol–water partition coefficient (Wildman–Crippen LogP) is 2.68. The Morgan fingerprint density at radius 1 is 1.10 bits per heavy atom. The molecule has 0 fully saturated rings. The molecule has 0 aliphatic rings. The number of para-hydroxylation sites is 3. The maximum atomic E-state index is 12.6. The number of carbonyl (C=O) groups is 2. The minimum absolute atomic E-state index is 0.00795. The van der Waals surface area contributed by atoms with Gasteiger partial charge in [-0.25, -0.2) is 14.5 Å². The van der Waals surface area contributed by atoms with Crippen LogP contribution in [-0.4, -0.2) is 37.7 Å². The first-order chi connectivity index (χ1) is 15.0. The van der Waals surface area contributed by atoms with Crippen LogP contribution in [-0.2, 0) is 9.53 Å². The van der Waals surface area contributed by atoms with Gasteiger partial charge < -0.3 is 10.1 Å². The van der Waals surface area contributed by atoms with Crippen molar-refractivity contribution in [1.82, 2.24) is 19.7 Å². The Hall–Kier alpha value is -4.27. The first-order valence-electron chi connectivity index (χ1n) is 9.66. The van der Waals surface area contributed by atoms with Gasteiger partial charge in [-0.2, -0.15) is 0 Å². The van der Waals surface area contributed by atoms with Gasteiger partial charge in [0.15, 0.2) is 11.8 Å². The Kier molecular flexibility index (Phi) is 5.57. The van der Waals surface area contributed by atoms with Crippen LogP contribution in [0.1, 0.15) is 23.8 Å². The van der Waals surface area contributed by atoms with Crippen LogP contribution in [0.5, 0.6) is 0 Å². The van der Waals surface area contributed by atoms with Gasteiger partial charge in [0, 0.05) is 6.07 Å². The summed E-state index contributed by atoms with van der Waals surface area (Å²) in [7, 11) is 0. The van der Waals surface area contributed by atoms with E-state index in [-0.39, 0.29) is 23.5 Å². The molecule has 0 spiro atoms. The number of rotatable bonds is 6. The topological polar surface area (TPSA) is 119 Å². The monoisotopic (exact) mass is 417 g/mol. The standard InChI is InChI=1S/C22H19N5O4/c1-2-18(31-22(30)17-13-23-15-10-6-7-11-16(15)24-17)21(29)25-19-12-20(28)27(26-19)14-8-4-3-5-9-14/h3-13,18,26H,2H2,1H3,(H,25,29). The second-order valence-corrected chi connectivity index (χ2v) is 6.71. The van der Waals surface area contributed by atoms with Gasteiger partial charge in [-0.3, -0.25) is 19.7 Å². The second-order valence-electron chi connectivity index (χ2n) is 6.71. The summed E-state index contributed by atoms with van der Waals surface area (Å²) in [5.41, 5.74) is 1.50. The van der Waals surface area contributed by atoms with E-state index in [1.165, 1.54) is 16.9 Å². The summed E-state index contributed by atoms with van der Waals surface area (Å²) in [5, 5.41) is 5.40. The quantitative estimate of drug-likeness (QED) is 0.466. The molecule has 31 heavy (non-hydrogen) atoms. The molecule has 9 heteroatoms. The summed E-state index contributed by atoms with van der Waals surface area (Å²) in [6, 6.07) is 17.3. The zero-order valence-electron chi connectivity index (χ0n) is 16.6. The molecule has 0 radical (unpaired) electrons. The van der Waals surface area contributed by atoms with Crippen molar-refractivity contribution in [2.45, 2.75) is 19.4 Å². The van der Waals surface area contributed by atoms with Gasteiger partial charge in [0.2, 0.25) is 0 Å². The summed E-state index contributed by atoms with van der Waals surface area (Å²) in [6.45, 7) is 1.71. The van der Waals surface area contributed by atoms with Crippen molar-refractivity contribution in [2.75, 3.05) is 5.32 Å². The molecule has 4 aromatic rings. The Labute approximate surface area is 176 Å². The second kappa shape index (κ2) is 8.62. The van der Waals surface area contributed by atoms with Crippen molar-refractivity contribution in [3.8, 4) is 5.69 Å². The average Bonchev–Trinajstić information content (AvgIpc) is 3.17. The highest BCUT2D eigenvalue weighted by atomic mass is 16.5. The summed E-state index contributed by atoms with van der Waals surface area (Å²) in [4.78, 5) is 45.7. The zero-order chi connectivity index (χ0) is 21.8. The average molecular weight is 417 g/mol. The van der Waals surface area contributed by atoms with E-state index in [1.54, 1.807) is 49.4 Å². The molecule has 156 valence electrons. The highest BCUT2D eigenvalue weighted by molar-refractivity contribution is 5.96. The molecule has 1 unspecified atom stereocenters. The van der Waals surface area contributed by atoms with Crippen molar-refractivity contribution in [3.05, 3.63) is 82.9 Å². The highest BCUT2D eigenvalue weighted by Gasteiger charge is 2.24. The lowest BCUT2D eigenvalue weighted by molar-refractivity contribution is -0.124. The molecule has 2 aromatic heterocycles. The van der Waals surface area contributed by atoms with Crippen molar-refractivity contribution in [2.24, 2.45) is 0 Å². The Morgan fingerprint density at radius 3 is 2.55 bits per heavy atom. The van der Waals surface area contributed by atoms with Gasteiger partial charge in [-0.05, 0) is 30.7 Å². The fraction of sp³-hybridized carbons (Fsp3) is 0.136. The number of esters is 1. The number of fused-ring (bicyclic) bond motifs is 1. The Balaban J connectivity index is 1.47. The summed E-state index contributed by atoms with van der Waals surface area (Å²) in [5.74, 6) is -1.12. The van der Waals surface area contributed by atoms with E-state index >= 15 is 0 Å². The van der Waals surface area contributed by atoms with Crippen LogP contribution in [0.4, 0.5) is 5.82 Å². The van der Waals surface area contributed by atoms with E-state index in [2.05, 4.69) is 20.4 Å². The number of carbonyl (C=O) groups excluding carboxylic acids is 2. The van der Waals surface area contributed by atoms with Gasteiger partial charge in [0.05, 0.1) is 22.9 Å². The van der Waals surface area contributed by atoms with Crippen molar-refractivity contribution in [1.29, 1.82) is 0 Å². The number of anilines is 1. The van der Waals surface area contributed by atoms with E-state index in [0.29, 0.717) is 16.7 Å². The van der Waals surface area contributed by atoms with Crippen LogP contribution >= 0.6 is 0 Å². The molecular formula is C22H19N5O4. The van der Waals surface area contributed by atoms with E-state index in [4.69, 9.17) is 4.74 Å². The number of hydrogen-bond donors (Lipinski definition) is 2. The van der Waals surface area contributed by atoms with E-state index in [9.17, 15) is 14.4 Å². The molecule has 9 nitrogen and oxygen atoms in total. The molecule has 0 saturated heterocycles. The molecular weight excluding hydrogens is 398 g/mol. The molecule has 4 rings (SSSR count). The molecule has 0 bridgehead atoms. The number of amides is 1. The van der Waals surface area contributed by atoms with Crippen LogP contribution in [0.25, 0.3) is 16.7 Å². The van der Waals surface area contributed by atoms with Crippen molar-refractivity contribution >= 4 is 28.7 Å². The van der Waals surface area contributed by atoms with Gasteiger partial charge in [0.1, 0.15) is 5.82 Å². The SMILES string of the molecule is CCC(OC(=O)c1cnc2ccccc2n1)C(=O)Nc1cc(=O)n(-c2ccccc2)[nH]1. The van der Waals surface area contributed by atoms with E-state index in [0.717, 1.165) is 0 Å². The van der Waals surface area contributed by atoms with Gasteiger partial charge in [-0.15, -0.1) is 0 Å². The first kappa shape index (κ1) is 20.0. The zero-order valence-corrected chi connectivity index (χ0v) is 16.6. The van der Waals surface area contributed by atoms with Gasteiger partial charge >= 0.3 is 5.97 Å². The normalized spacial score (nSPS) is 11.8. The van der Waals surface area contributed by atoms with Crippen molar-refractivity contribution < 1.29 is 14.3 Å². The van der Waals surface area contributed by atoms with Crippen LogP contribution in [0, 0.1) is 0 Å². The number of ether oxygens (including phenoxy) is 1. The minimum Gasteiger partial charge on any atom is -0.447 e. The highest BCUT2D eigenvalue weighted by Crippen LogP contribution is 2.12. The van der Waals surface area contributed by atoms with Crippen LogP contribution in [0.15, 0.2) is 71.7 Å². The first-order valence-corrected chi connectivity index (χ1v) is 9.66. The molecule has 1 amide bonds. The number of nitrogens with one attached hydrogen (secondary N) is 2. The lowest BCUT2D eigenvalue weighted by Gasteiger charge is -2.15. The fourth-order valence-electron chi connectivity index (χ4n) is 3.01. The number of H-pyrrole nitrogens is 1. The van der Waals surface area contributed by atoms with Crippen LogP contribution in [0.3, 0.4) is 0 Å². The molecule has 2 aromatic carbocycles. The number of hydrogen-bond acceptors (Lipinski definition) is 6. The summed E-state index contributed by atoms with van der Waals surface area (Å²) in [6.07, 6.45) is 0.485. The van der Waals surface area contributed by atoms with Crippen LogP contribution < -0.4 is 10.9 Å². The van der Waals surface area contributed by atoms with Crippen LogP contribution in [0.2, 0.25) is 0 Å². The third kappa shape index (κ3) is 4.35. The summed E-state index contributed by atoms with van der Waals surface area (Å²) < 4.78 is 6.64. The number of aromatic amines is 1. The Bertz CT molecular complexity index is 1300. The smallest absolute Gasteiger partial charge is 0.359 e. The maximum Gasteiger partial charge on any atom is 0.359 e. The third-order valence-electron chi connectivity index (χ3n) is 4.56. The van der Waals surface area contributed by atoms with Gasteiger partial charge in [0.25, 0.3) is 11.5 Å². The molecule has 0 aliphatic carbocycles. The molecule has 0 aliphatic heterocycles. The van der Waals surface area contributed by atoms with E-state index in [1.807, 2.05) is 12.1 Å². The third-order valence-corrected chi connectivity index (χ3v) is 4.56.